The SMILES string of the molecule is Nc1ncccc1S(=O)(=O)NCCOCC(F)F. The number of ether oxygens (including phenoxy) is 1. The van der Waals surface area contributed by atoms with E-state index in [0.29, 0.717) is 0 Å². The van der Waals surface area contributed by atoms with E-state index in [9.17, 15) is 17.2 Å². The largest absolute Gasteiger partial charge is 0.383 e. The number of nitrogens with two attached hydrogens (primary N) is 1. The number of hydrogen-bond donors (Lipinski definition) is 2. The number of nitrogens with one attached hydrogen (secondary N) is 1. The predicted octanol–water partition coefficient (Wildman–Crippen LogP) is 0.224. The summed E-state index contributed by atoms with van der Waals surface area (Å²) in [5, 5.41) is 0. The molecule has 1 aromatic heterocycles. The maximum Gasteiger partial charge on any atom is 0.261 e. The van der Waals surface area contributed by atoms with Crippen molar-refractivity contribution in [3.05, 3.63) is 18.3 Å². The van der Waals surface area contributed by atoms with E-state index in [2.05, 4.69) is 14.4 Å². The summed E-state index contributed by atoms with van der Waals surface area (Å²) in [4.78, 5) is 3.49. The highest BCUT2D eigenvalue weighted by Crippen LogP contribution is 2.13. The maximum absolute atomic E-state index is 11.7. The standard InChI is InChI=1S/C9H13F2N3O3S/c10-8(11)6-17-5-4-14-18(15,16)7-2-1-3-13-9(7)12/h1-3,8,14H,4-6H2,(H2,12,13). The number of rotatable bonds is 7. The van der Waals surface area contributed by atoms with Crippen LogP contribution in [0.4, 0.5) is 14.6 Å². The number of pyridine rings is 1. The van der Waals surface area contributed by atoms with Gasteiger partial charge in [0.15, 0.2) is 0 Å². The number of nitrogen functional groups attached to an aromatic ring is 1. The van der Waals surface area contributed by atoms with Crippen molar-refractivity contribution in [1.82, 2.24) is 9.71 Å². The van der Waals surface area contributed by atoms with Crippen LogP contribution in [0, 0.1) is 0 Å². The van der Waals surface area contributed by atoms with Crippen LogP contribution in [0.5, 0.6) is 0 Å². The monoisotopic (exact) mass is 281 g/mol. The molecule has 0 amide bonds. The highest BCUT2D eigenvalue weighted by atomic mass is 32.2. The van der Waals surface area contributed by atoms with Gasteiger partial charge < -0.3 is 10.5 Å². The summed E-state index contributed by atoms with van der Waals surface area (Å²) in [5.74, 6) is -0.126. The summed E-state index contributed by atoms with van der Waals surface area (Å²) in [6.07, 6.45) is -1.21. The van der Waals surface area contributed by atoms with Crippen LogP contribution in [0.1, 0.15) is 0 Å². The van der Waals surface area contributed by atoms with Crippen molar-refractivity contribution in [2.75, 3.05) is 25.5 Å². The van der Waals surface area contributed by atoms with Gasteiger partial charge in [0.2, 0.25) is 10.0 Å². The van der Waals surface area contributed by atoms with Gasteiger partial charge in [-0.25, -0.2) is 26.9 Å². The maximum atomic E-state index is 11.7. The third kappa shape index (κ3) is 4.51. The minimum absolute atomic E-state index is 0.122. The van der Waals surface area contributed by atoms with Crippen LogP contribution in [0.2, 0.25) is 0 Å². The van der Waals surface area contributed by atoms with Gasteiger partial charge in [-0.3, -0.25) is 0 Å². The summed E-state index contributed by atoms with van der Waals surface area (Å²) in [6, 6.07) is 2.73. The Balaban J connectivity index is 2.49. The van der Waals surface area contributed by atoms with Gasteiger partial charge in [-0.1, -0.05) is 0 Å². The molecule has 0 fully saturated rings. The van der Waals surface area contributed by atoms with Crippen LogP contribution >= 0.6 is 0 Å². The molecule has 6 nitrogen and oxygen atoms in total. The van der Waals surface area contributed by atoms with Gasteiger partial charge in [-0.15, -0.1) is 0 Å². The average molecular weight is 281 g/mol. The molecular formula is C9H13F2N3O3S. The van der Waals surface area contributed by atoms with Crippen molar-refractivity contribution in [3.63, 3.8) is 0 Å². The molecule has 0 saturated heterocycles. The first-order valence-electron chi connectivity index (χ1n) is 4.99. The van der Waals surface area contributed by atoms with Crippen LogP contribution in [-0.4, -0.2) is 39.6 Å². The van der Waals surface area contributed by atoms with Crippen molar-refractivity contribution in [2.24, 2.45) is 0 Å². The second kappa shape index (κ2) is 6.57. The molecule has 0 bridgehead atoms. The van der Waals surface area contributed by atoms with E-state index < -0.39 is 23.1 Å². The number of halogens is 2. The highest BCUT2D eigenvalue weighted by Gasteiger charge is 2.17. The molecule has 0 saturated carbocycles. The third-order valence-electron chi connectivity index (χ3n) is 1.87. The summed E-state index contributed by atoms with van der Waals surface area (Å²) in [5.41, 5.74) is 5.42. The summed E-state index contributed by atoms with van der Waals surface area (Å²) >= 11 is 0. The van der Waals surface area contributed by atoms with Crippen molar-refractivity contribution < 1.29 is 21.9 Å². The van der Waals surface area contributed by atoms with Crippen molar-refractivity contribution >= 4 is 15.8 Å². The normalized spacial score (nSPS) is 11.9. The minimum Gasteiger partial charge on any atom is -0.383 e. The Morgan fingerprint density at radius 1 is 1.50 bits per heavy atom. The molecule has 0 unspecified atom stereocenters. The molecule has 1 heterocycles. The van der Waals surface area contributed by atoms with Gasteiger partial charge in [-0.2, -0.15) is 0 Å². The summed E-state index contributed by atoms with van der Waals surface area (Å²) < 4.78 is 53.6. The molecule has 0 aliphatic heterocycles. The Morgan fingerprint density at radius 3 is 2.83 bits per heavy atom. The fourth-order valence-electron chi connectivity index (χ4n) is 1.13. The minimum atomic E-state index is -3.80. The lowest BCUT2D eigenvalue weighted by Crippen LogP contribution is -2.28. The molecule has 18 heavy (non-hydrogen) atoms. The average Bonchev–Trinajstić information content (AvgIpc) is 2.28. The van der Waals surface area contributed by atoms with Crippen LogP contribution < -0.4 is 10.5 Å². The molecule has 102 valence electrons. The molecule has 0 aromatic carbocycles. The second-order valence-corrected chi connectivity index (χ2v) is 4.99. The number of hydrogen-bond acceptors (Lipinski definition) is 5. The molecular weight excluding hydrogens is 268 g/mol. The van der Waals surface area contributed by atoms with E-state index in [1.807, 2.05) is 0 Å². The zero-order valence-corrected chi connectivity index (χ0v) is 10.2. The first-order valence-corrected chi connectivity index (χ1v) is 6.48. The van der Waals surface area contributed by atoms with Gasteiger partial charge in [-0.05, 0) is 12.1 Å². The van der Waals surface area contributed by atoms with Gasteiger partial charge >= 0.3 is 0 Å². The molecule has 0 aliphatic carbocycles. The zero-order valence-electron chi connectivity index (χ0n) is 9.34. The van der Waals surface area contributed by atoms with Crippen molar-refractivity contribution in [3.8, 4) is 0 Å². The molecule has 1 rings (SSSR count). The molecule has 1 aromatic rings. The van der Waals surface area contributed by atoms with Crippen LogP contribution in [-0.2, 0) is 14.8 Å². The molecule has 9 heteroatoms. The third-order valence-corrected chi connectivity index (χ3v) is 3.38. The highest BCUT2D eigenvalue weighted by molar-refractivity contribution is 7.89. The van der Waals surface area contributed by atoms with E-state index in [-0.39, 0.29) is 23.9 Å². The molecule has 0 radical (unpaired) electrons. The molecule has 0 atom stereocenters. The summed E-state index contributed by atoms with van der Waals surface area (Å²) in [6.45, 7) is -0.996. The van der Waals surface area contributed by atoms with Gasteiger partial charge in [0, 0.05) is 12.7 Å². The topological polar surface area (TPSA) is 94.3 Å². The molecule has 3 N–H and O–H groups in total. The molecule has 0 spiro atoms. The van der Waals surface area contributed by atoms with E-state index in [1.165, 1.54) is 18.3 Å². The van der Waals surface area contributed by atoms with Crippen LogP contribution in [0.3, 0.4) is 0 Å². The van der Waals surface area contributed by atoms with Gasteiger partial charge in [0.25, 0.3) is 6.43 Å². The predicted molar refractivity (Wildman–Crippen MR) is 60.7 cm³/mol. The van der Waals surface area contributed by atoms with E-state index in [4.69, 9.17) is 5.73 Å². The number of anilines is 1. The second-order valence-electron chi connectivity index (χ2n) is 3.25. The fourth-order valence-corrected chi connectivity index (χ4v) is 2.22. The Labute approximate surface area is 103 Å². The van der Waals surface area contributed by atoms with Gasteiger partial charge in [0.1, 0.15) is 17.3 Å². The Morgan fingerprint density at radius 2 is 2.22 bits per heavy atom. The van der Waals surface area contributed by atoms with Crippen LogP contribution in [0.15, 0.2) is 23.2 Å². The first kappa shape index (κ1) is 14.7. The van der Waals surface area contributed by atoms with E-state index in [1.54, 1.807) is 0 Å². The lowest BCUT2D eigenvalue weighted by Gasteiger charge is -2.08. The van der Waals surface area contributed by atoms with E-state index in [0.717, 1.165) is 0 Å². The van der Waals surface area contributed by atoms with E-state index >= 15 is 0 Å². The number of aromatic nitrogens is 1. The lowest BCUT2D eigenvalue weighted by molar-refractivity contribution is 0.0199. The lowest BCUT2D eigenvalue weighted by atomic mass is 10.5. The molecule has 0 aliphatic rings. The van der Waals surface area contributed by atoms with Crippen LogP contribution in [0.25, 0.3) is 0 Å². The number of nitrogens with zero attached hydrogens (tertiary/aromatic N) is 1. The Bertz CT molecular complexity index is 482. The quantitative estimate of drug-likeness (QED) is 0.697. The van der Waals surface area contributed by atoms with Crippen molar-refractivity contribution in [1.29, 1.82) is 0 Å². The summed E-state index contributed by atoms with van der Waals surface area (Å²) in [7, 11) is -3.80. The number of alkyl halides is 2. The first-order chi connectivity index (χ1) is 8.43. The van der Waals surface area contributed by atoms with Crippen molar-refractivity contribution in [2.45, 2.75) is 11.3 Å². The van der Waals surface area contributed by atoms with Gasteiger partial charge in [0.05, 0.1) is 6.61 Å². The number of sulfonamides is 1. The zero-order chi connectivity index (χ0) is 13.6. The smallest absolute Gasteiger partial charge is 0.261 e. The fraction of sp³-hybridized carbons (Fsp3) is 0.444. The Hall–Kier alpha value is -1.32. The Kier molecular flexibility index (Phi) is 5.38.